The summed E-state index contributed by atoms with van der Waals surface area (Å²) in [4.78, 5) is 15.0. The van der Waals surface area contributed by atoms with Crippen molar-refractivity contribution in [2.75, 3.05) is 28.3 Å². The van der Waals surface area contributed by atoms with Crippen molar-refractivity contribution in [1.82, 2.24) is 9.80 Å². The van der Waals surface area contributed by atoms with Crippen molar-refractivity contribution in [3.63, 3.8) is 0 Å². The molecule has 0 aliphatic heterocycles. The van der Waals surface area contributed by atoms with Crippen LogP contribution >= 0.6 is 0 Å². The molecule has 0 spiro atoms. The largest absolute Gasteiger partial charge is 0.496 e. The van der Waals surface area contributed by atoms with E-state index in [1.165, 1.54) is 0 Å². The highest BCUT2D eigenvalue weighted by atomic mass is 16.5. The van der Waals surface area contributed by atoms with Gasteiger partial charge in [-0.1, -0.05) is 17.7 Å². The van der Waals surface area contributed by atoms with E-state index in [0.29, 0.717) is 6.54 Å². The molecule has 4 heteroatoms. The molecule has 2 amide bonds. The van der Waals surface area contributed by atoms with Crippen LogP contribution in [0.2, 0.25) is 0 Å². The van der Waals surface area contributed by atoms with E-state index in [9.17, 15) is 4.79 Å². The van der Waals surface area contributed by atoms with Crippen LogP contribution in [0.4, 0.5) is 4.79 Å². The molecule has 94 valence electrons. The quantitative estimate of drug-likeness (QED) is 0.805. The zero-order chi connectivity index (χ0) is 13.0. The second-order valence-corrected chi connectivity index (χ2v) is 4.35. The summed E-state index contributed by atoms with van der Waals surface area (Å²) in [6.07, 6.45) is 0. The van der Waals surface area contributed by atoms with Gasteiger partial charge in [-0.3, -0.25) is 0 Å². The van der Waals surface area contributed by atoms with E-state index in [1.54, 1.807) is 38.1 Å². The van der Waals surface area contributed by atoms with Gasteiger partial charge in [-0.15, -0.1) is 0 Å². The molecule has 0 unspecified atom stereocenters. The first-order valence-electron chi connectivity index (χ1n) is 5.51. The Bertz CT molecular complexity index is 402. The summed E-state index contributed by atoms with van der Waals surface area (Å²) in [6.45, 7) is 2.57. The molecule has 0 saturated heterocycles. The van der Waals surface area contributed by atoms with Gasteiger partial charge in [0.25, 0.3) is 0 Å². The lowest BCUT2D eigenvalue weighted by Gasteiger charge is -2.22. The number of urea groups is 1. The monoisotopic (exact) mass is 236 g/mol. The molecule has 0 aromatic heterocycles. The molecule has 1 rings (SSSR count). The summed E-state index contributed by atoms with van der Waals surface area (Å²) < 4.78 is 5.29. The van der Waals surface area contributed by atoms with Gasteiger partial charge in [0, 0.05) is 26.7 Å². The summed E-state index contributed by atoms with van der Waals surface area (Å²) in [6, 6.07) is 5.95. The molecule has 1 aromatic rings. The number of methoxy groups -OCH3 is 1. The Labute approximate surface area is 103 Å². The molecule has 0 aliphatic carbocycles. The predicted molar refractivity (Wildman–Crippen MR) is 68.3 cm³/mol. The van der Waals surface area contributed by atoms with Crippen LogP contribution in [0.3, 0.4) is 0 Å². The second kappa shape index (κ2) is 5.57. The summed E-state index contributed by atoms with van der Waals surface area (Å²) >= 11 is 0. The standard InChI is InChI=1S/C13H20N2O2/c1-10-6-7-12(17-5)11(8-10)9-15(4)13(16)14(2)3/h6-8H,9H2,1-5H3. The first-order chi connectivity index (χ1) is 7.95. The van der Waals surface area contributed by atoms with E-state index in [0.717, 1.165) is 16.9 Å². The Balaban J connectivity index is 2.87. The Kier molecular flexibility index (Phi) is 4.37. The third-order valence-corrected chi connectivity index (χ3v) is 2.55. The number of benzene rings is 1. The molecule has 4 nitrogen and oxygen atoms in total. The molecule has 0 aliphatic rings. The summed E-state index contributed by atoms with van der Waals surface area (Å²) in [5.74, 6) is 0.814. The number of nitrogens with zero attached hydrogens (tertiary/aromatic N) is 2. The number of amides is 2. The number of hydrogen-bond acceptors (Lipinski definition) is 2. The van der Waals surface area contributed by atoms with Crippen molar-refractivity contribution in [2.45, 2.75) is 13.5 Å². The first kappa shape index (κ1) is 13.4. The van der Waals surface area contributed by atoms with Crippen LogP contribution in [0.15, 0.2) is 18.2 Å². The van der Waals surface area contributed by atoms with Crippen molar-refractivity contribution in [1.29, 1.82) is 0 Å². The number of aryl methyl sites for hydroxylation is 1. The van der Waals surface area contributed by atoms with Crippen molar-refractivity contribution in [2.24, 2.45) is 0 Å². The van der Waals surface area contributed by atoms with Gasteiger partial charge >= 0.3 is 6.03 Å². The first-order valence-corrected chi connectivity index (χ1v) is 5.51. The third kappa shape index (κ3) is 3.37. The van der Waals surface area contributed by atoms with Crippen molar-refractivity contribution >= 4 is 6.03 Å². The lowest BCUT2D eigenvalue weighted by Crippen LogP contribution is -2.35. The molecule has 1 aromatic carbocycles. The van der Waals surface area contributed by atoms with Crippen molar-refractivity contribution in [3.05, 3.63) is 29.3 Å². The van der Waals surface area contributed by atoms with Gasteiger partial charge in [-0.2, -0.15) is 0 Å². The number of hydrogen-bond donors (Lipinski definition) is 0. The third-order valence-electron chi connectivity index (χ3n) is 2.55. The highest BCUT2D eigenvalue weighted by molar-refractivity contribution is 5.73. The van der Waals surface area contributed by atoms with Crippen LogP contribution < -0.4 is 4.74 Å². The van der Waals surface area contributed by atoms with E-state index >= 15 is 0 Å². The molecule has 0 N–H and O–H groups in total. The number of carbonyl (C=O) groups excluding carboxylic acids is 1. The van der Waals surface area contributed by atoms with Gasteiger partial charge < -0.3 is 14.5 Å². The maximum absolute atomic E-state index is 11.7. The minimum Gasteiger partial charge on any atom is -0.496 e. The van der Waals surface area contributed by atoms with Crippen LogP contribution in [0, 0.1) is 6.92 Å². The van der Waals surface area contributed by atoms with E-state index in [4.69, 9.17) is 4.74 Å². The summed E-state index contributed by atoms with van der Waals surface area (Å²) in [5, 5.41) is 0. The van der Waals surface area contributed by atoms with Gasteiger partial charge in [-0.25, -0.2) is 4.79 Å². The van der Waals surface area contributed by atoms with Gasteiger partial charge in [0.1, 0.15) is 5.75 Å². The number of rotatable bonds is 3. The fourth-order valence-electron chi connectivity index (χ4n) is 1.70. The molecule has 0 atom stereocenters. The van der Waals surface area contributed by atoms with Gasteiger partial charge in [0.15, 0.2) is 0 Å². The van der Waals surface area contributed by atoms with Crippen LogP contribution in [-0.2, 0) is 6.54 Å². The molecule has 17 heavy (non-hydrogen) atoms. The Hall–Kier alpha value is -1.71. The summed E-state index contributed by atoms with van der Waals surface area (Å²) in [7, 11) is 6.91. The Morgan fingerprint density at radius 2 is 1.94 bits per heavy atom. The summed E-state index contributed by atoms with van der Waals surface area (Å²) in [5.41, 5.74) is 2.18. The van der Waals surface area contributed by atoms with E-state index < -0.39 is 0 Å². The predicted octanol–water partition coefficient (Wildman–Crippen LogP) is 2.12. The Morgan fingerprint density at radius 3 is 2.47 bits per heavy atom. The number of carbonyl (C=O) groups is 1. The lowest BCUT2D eigenvalue weighted by atomic mass is 10.1. The minimum absolute atomic E-state index is 0.0199. The highest BCUT2D eigenvalue weighted by Crippen LogP contribution is 2.21. The molecule has 0 saturated carbocycles. The molecule has 0 fully saturated rings. The van der Waals surface area contributed by atoms with Gasteiger partial charge in [0.2, 0.25) is 0 Å². The Morgan fingerprint density at radius 1 is 1.29 bits per heavy atom. The zero-order valence-corrected chi connectivity index (χ0v) is 11.2. The highest BCUT2D eigenvalue weighted by Gasteiger charge is 2.13. The van der Waals surface area contributed by atoms with E-state index in [1.807, 2.05) is 25.1 Å². The average Bonchev–Trinajstić information content (AvgIpc) is 2.28. The van der Waals surface area contributed by atoms with Crippen molar-refractivity contribution < 1.29 is 9.53 Å². The number of ether oxygens (including phenoxy) is 1. The molecule has 0 heterocycles. The molecule has 0 radical (unpaired) electrons. The van der Waals surface area contributed by atoms with E-state index in [2.05, 4.69) is 0 Å². The zero-order valence-electron chi connectivity index (χ0n) is 11.2. The fraction of sp³-hybridized carbons (Fsp3) is 0.462. The topological polar surface area (TPSA) is 32.8 Å². The second-order valence-electron chi connectivity index (χ2n) is 4.35. The smallest absolute Gasteiger partial charge is 0.319 e. The molecule has 0 bridgehead atoms. The lowest BCUT2D eigenvalue weighted by molar-refractivity contribution is 0.179. The van der Waals surface area contributed by atoms with E-state index in [-0.39, 0.29) is 6.03 Å². The van der Waals surface area contributed by atoms with Gasteiger partial charge in [0.05, 0.1) is 13.7 Å². The normalized spacial score (nSPS) is 9.94. The maximum Gasteiger partial charge on any atom is 0.319 e. The fourth-order valence-corrected chi connectivity index (χ4v) is 1.70. The maximum atomic E-state index is 11.7. The SMILES string of the molecule is COc1ccc(C)cc1CN(C)C(=O)N(C)C. The molecular weight excluding hydrogens is 216 g/mol. The minimum atomic E-state index is -0.0199. The average molecular weight is 236 g/mol. The van der Waals surface area contributed by atoms with Crippen LogP contribution in [-0.4, -0.2) is 44.1 Å². The van der Waals surface area contributed by atoms with Crippen molar-refractivity contribution in [3.8, 4) is 5.75 Å². The van der Waals surface area contributed by atoms with Gasteiger partial charge in [-0.05, 0) is 13.0 Å². The van der Waals surface area contributed by atoms with Crippen LogP contribution in [0.25, 0.3) is 0 Å². The molecular formula is C13H20N2O2. The van der Waals surface area contributed by atoms with Crippen LogP contribution in [0.1, 0.15) is 11.1 Å². The van der Waals surface area contributed by atoms with Crippen LogP contribution in [0.5, 0.6) is 5.75 Å².